The van der Waals surface area contributed by atoms with Gasteiger partial charge in [-0.25, -0.2) is 19.7 Å². The summed E-state index contributed by atoms with van der Waals surface area (Å²) in [5.74, 6) is -25.2. The molecule has 218 valence electrons. The zero-order valence-electron chi connectivity index (χ0n) is 19.9. The topological polar surface area (TPSA) is 291 Å². The van der Waals surface area contributed by atoms with E-state index >= 15 is 0 Å². The van der Waals surface area contributed by atoms with Crippen LogP contribution in [0.3, 0.4) is 0 Å². The third kappa shape index (κ3) is 4.24. The van der Waals surface area contributed by atoms with Crippen molar-refractivity contribution < 1.29 is 70.0 Å². The summed E-state index contributed by atoms with van der Waals surface area (Å²) in [6, 6.07) is 6.10. The van der Waals surface area contributed by atoms with Crippen molar-refractivity contribution in [2.75, 3.05) is 12.4 Å². The van der Waals surface area contributed by atoms with E-state index < -0.39 is 52.3 Å². The number of piperidine rings is 1. The second-order valence-corrected chi connectivity index (χ2v) is 9.64. The Labute approximate surface area is 229 Å². The Morgan fingerprint density at radius 3 is 2.05 bits per heavy atom. The average molecular weight is 637 g/mol. The SMILES string of the molecule is COc1cc2c(Nc3ccc(Br)cc3F)ncnc2cc1OC(O)(O)C1(O)C(O)(O)C(O)(O)NC(O)(O)C1(O)O. The number of nitrogens with zero attached hydrogens (tertiary/aromatic N) is 2. The van der Waals surface area contributed by atoms with E-state index in [0.717, 1.165) is 30.9 Å². The lowest BCUT2D eigenvalue weighted by Crippen LogP contribution is -2.97. The fraction of sp³-hybridized carbons (Fsp3) is 0.333. The lowest BCUT2D eigenvalue weighted by molar-refractivity contribution is -0.596. The van der Waals surface area contributed by atoms with Gasteiger partial charge in [0.25, 0.3) is 29.0 Å². The van der Waals surface area contributed by atoms with Crippen molar-refractivity contribution in [2.45, 2.75) is 35.0 Å². The van der Waals surface area contributed by atoms with Crippen LogP contribution in [0.2, 0.25) is 0 Å². The van der Waals surface area contributed by atoms with Gasteiger partial charge < -0.3 is 71.0 Å². The van der Waals surface area contributed by atoms with Crippen LogP contribution in [0.1, 0.15) is 0 Å². The third-order valence-corrected chi connectivity index (χ3v) is 6.65. The number of hydrogen-bond acceptors (Lipinski definition) is 17. The predicted octanol–water partition coefficient (Wildman–Crippen LogP) is -3.73. The molecule has 4 rings (SSSR count). The van der Waals surface area contributed by atoms with Gasteiger partial charge in [0.2, 0.25) is 0 Å². The molecule has 0 atom stereocenters. The van der Waals surface area contributed by atoms with E-state index in [1.165, 1.54) is 12.1 Å². The van der Waals surface area contributed by atoms with E-state index in [-0.39, 0.29) is 22.4 Å². The monoisotopic (exact) mass is 636 g/mol. The van der Waals surface area contributed by atoms with Crippen molar-refractivity contribution in [3.63, 3.8) is 0 Å². The molecule has 0 aliphatic carbocycles. The largest absolute Gasteiger partial charge is 0.493 e. The number of ether oxygens (including phenoxy) is 2. The van der Waals surface area contributed by atoms with Gasteiger partial charge in [-0.15, -0.1) is 0 Å². The van der Waals surface area contributed by atoms with E-state index in [2.05, 4.69) is 31.2 Å². The van der Waals surface area contributed by atoms with Crippen LogP contribution < -0.4 is 20.1 Å². The zero-order chi connectivity index (χ0) is 30.1. The number of benzene rings is 2. The van der Waals surface area contributed by atoms with Crippen LogP contribution in [-0.4, -0.2) is 108 Å². The number of aromatic nitrogens is 2. The minimum Gasteiger partial charge on any atom is -0.493 e. The molecule has 19 heteroatoms. The van der Waals surface area contributed by atoms with Crippen molar-refractivity contribution in [3.8, 4) is 11.5 Å². The molecular weight excluding hydrogens is 615 g/mol. The maximum Gasteiger partial charge on any atom is 0.364 e. The van der Waals surface area contributed by atoms with E-state index in [4.69, 9.17) is 9.47 Å². The van der Waals surface area contributed by atoms with Gasteiger partial charge in [0, 0.05) is 15.9 Å². The molecular formula is C21H22BrFN4O13. The van der Waals surface area contributed by atoms with Gasteiger partial charge in [-0.2, -0.15) is 0 Å². The van der Waals surface area contributed by atoms with Crippen molar-refractivity contribution >= 4 is 38.3 Å². The maximum atomic E-state index is 14.4. The normalized spacial score (nSPS) is 20.6. The summed E-state index contributed by atoms with van der Waals surface area (Å²) in [5.41, 5.74) is -5.07. The summed E-state index contributed by atoms with van der Waals surface area (Å²) in [4.78, 5) is 7.95. The molecule has 3 aromatic rings. The summed E-state index contributed by atoms with van der Waals surface area (Å²) in [7, 11) is 1.04. The Balaban J connectivity index is 1.82. The zero-order valence-corrected chi connectivity index (χ0v) is 21.4. The fourth-order valence-electron chi connectivity index (χ4n) is 3.97. The number of methoxy groups -OCH3 is 1. The highest BCUT2D eigenvalue weighted by Crippen LogP contribution is 2.50. The molecule has 1 aliphatic heterocycles. The Bertz CT molecular complexity index is 1440. The smallest absolute Gasteiger partial charge is 0.364 e. The molecule has 1 aromatic heterocycles. The predicted molar refractivity (Wildman–Crippen MR) is 128 cm³/mol. The molecule has 0 saturated carbocycles. The van der Waals surface area contributed by atoms with Crippen LogP contribution in [-0.2, 0) is 0 Å². The highest BCUT2D eigenvalue weighted by molar-refractivity contribution is 9.10. The summed E-state index contributed by atoms with van der Waals surface area (Å²) >= 11 is 3.13. The quantitative estimate of drug-likeness (QED) is 0.116. The number of fused-ring (bicyclic) bond motifs is 1. The average Bonchev–Trinajstić information content (AvgIpc) is 2.82. The Morgan fingerprint density at radius 2 is 1.50 bits per heavy atom. The van der Waals surface area contributed by atoms with E-state index in [1.54, 1.807) is 6.07 Å². The van der Waals surface area contributed by atoms with Crippen LogP contribution in [0.4, 0.5) is 15.9 Å². The molecule has 0 amide bonds. The summed E-state index contributed by atoms with van der Waals surface area (Å²) in [6.45, 7) is 0. The molecule has 1 fully saturated rings. The van der Waals surface area contributed by atoms with Gasteiger partial charge in [-0.05, 0) is 24.3 Å². The number of aliphatic hydroxyl groups is 11. The number of rotatable bonds is 6. The first-order chi connectivity index (χ1) is 18.2. The van der Waals surface area contributed by atoms with Gasteiger partial charge in [0.15, 0.2) is 11.5 Å². The van der Waals surface area contributed by atoms with Crippen LogP contribution in [0.5, 0.6) is 11.5 Å². The van der Waals surface area contributed by atoms with Crippen LogP contribution in [0.15, 0.2) is 41.1 Å². The Morgan fingerprint density at radius 1 is 0.900 bits per heavy atom. The van der Waals surface area contributed by atoms with Crippen LogP contribution in [0, 0.1) is 5.82 Å². The molecule has 0 bridgehead atoms. The minimum absolute atomic E-state index is 0.00204. The second-order valence-electron chi connectivity index (χ2n) is 8.73. The second kappa shape index (κ2) is 9.32. The standard InChI is InChI=1S/C21H22BrFN4O13/c1-39-13-5-9-12(24-7-25-15(9)26-11-3-2-8(22)4-10(11)23)6-14(13)40-21(37,38)16(28)17(29,30)19(33,34)27-20(35,36)18(16,31)32/h2-7,27-38H,1H3,(H,24,25,26). The van der Waals surface area contributed by atoms with Gasteiger partial charge in [0.1, 0.15) is 18.0 Å². The number of halogens is 2. The van der Waals surface area contributed by atoms with Gasteiger partial charge in [-0.1, -0.05) is 15.9 Å². The highest BCUT2D eigenvalue weighted by atomic mass is 79.9. The molecule has 40 heavy (non-hydrogen) atoms. The molecule has 1 aliphatic rings. The fourth-order valence-corrected chi connectivity index (χ4v) is 4.30. The molecule has 2 heterocycles. The molecule has 0 unspecified atom stereocenters. The van der Waals surface area contributed by atoms with E-state index in [1.807, 2.05) is 0 Å². The first-order valence-corrected chi connectivity index (χ1v) is 11.5. The molecule has 1 saturated heterocycles. The summed E-state index contributed by atoms with van der Waals surface area (Å²) in [6.07, 6.45) is 1.000. The Kier molecular flexibility index (Phi) is 7.01. The Hall–Kier alpha value is -2.89. The van der Waals surface area contributed by atoms with Crippen molar-refractivity contribution in [2.24, 2.45) is 0 Å². The van der Waals surface area contributed by atoms with E-state index in [0.29, 0.717) is 4.47 Å². The molecule has 2 aromatic carbocycles. The first kappa shape index (κ1) is 30.1. The van der Waals surface area contributed by atoms with E-state index in [9.17, 15) is 60.6 Å². The highest BCUT2D eigenvalue weighted by Gasteiger charge is 2.89. The van der Waals surface area contributed by atoms with Gasteiger partial charge in [-0.3, -0.25) is 0 Å². The summed E-state index contributed by atoms with van der Waals surface area (Å²) in [5, 5.41) is 116. The van der Waals surface area contributed by atoms with Crippen molar-refractivity contribution in [3.05, 3.63) is 46.9 Å². The van der Waals surface area contributed by atoms with Gasteiger partial charge >= 0.3 is 5.97 Å². The van der Waals surface area contributed by atoms with Crippen LogP contribution >= 0.6 is 15.9 Å². The lowest BCUT2D eigenvalue weighted by Gasteiger charge is -2.60. The molecule has 13 N–H and O–H groups in total. The molecule has 17 nitrogen and oxygen atoms in total. The maximum absolute atomic E-state index is 14.4. The van der Waals surface area contributed by atoms with Crippen molar-refractivity contribution in [1.82, 2.24) is 15.3 Å². The number of hydrogen-bond donors (Lipinski definition) is 13. The summed E-state index contributed by atoms with van der Waals surface area (Å²) < 4.78 is 24.7. The van der Waals surface area contributed by atoms with Gasteiger partial charge in [0.05, 0.1) is 18.3 Å². The van der Waals surface area contributed by atoms with Crippen LogP contribution in [0.25, 0.3) is 10.9 Å². The van der Waals surface area contributed by atoms with Crippen molar-refractivity contribution in [1.29, 1.82) is 0 Å². The molecule has 0 radical (unpaired) electrons. The molecule has 0 spiro atoms. The third-order valence-electron chi connectivity index (χ3n) is 6.16. The minimum atomic E-state index is -4.98. The number of nitrogens with one attached hydrogen (secondary N) is 2. The number of anilines is 2. The lowest BCUT2D eigenvalue weighted by atomic mass is 9.74. The first-order valence-electron chi connectivity index (χ1n) is 10.7.